The molecule has 4 N–H and O–H groups in total. The minimum Gasteiger partial charge on any atom is -0.454 e. The number of rotatable bonds is 5. The molecule has 2 amide bonds. The SMILES string of the molecule is NC(=O)C(O)CNC(=O)/C=C/c1ccc2c(c1)OCO2. The minimum absolute atomic E-state index is 0.188. The first-order valence-electron chi connectivity index (χ1n) is 5.89. The van der Waals surface area contributed by atoms with Gasteiger partial charge in [0.25, 0.3) is 0 Å². The zero-order chi connectivity index (χ0) is 14.5. The maximum atomic E-state index is 11.5. The first-order valence-corrected chi connectivity index (χ1v) is 5.89. The number of fused-ring (bicyclic) bond motifs is 1. The van der Waals surface area contributed by atoms with Crippen LogP contribution in [0.4, 0.5) is 0 Å². The van der Waals surface area contributed by atoms with Gasteiger partial charge in [-0.15, -0.1) is 0 Å². The molecule has 1 aromatic rings. The molecule has 0 aromatic heterocycles. The number of ether oxygens (including phenoxy) is 2. The lowest BCUT2D eigenvalue weighted by atomic mass is 10.2. The Bertz CT molecular complexity index is 556. The summed E-state index contributed by atoms with van der Waals surface area (Å²) < 4.78 is 10.4. The van der Waals surface area contributed by atoms with Crippen molar-refractivity contribution < 1.29 is 24.2 Å². The van der Waals surface area contributed by atoms with Crippen LogP contribution in [0.2, 0.25) is 0 Å². The van der Waals surface area contributed by atoms with Crippen molar-refractivity contribution in [1.82, 2.24) is 5.32 Å². The summed E-state index contributed by atoms with van der Waals surface area (Å²) in [5.74, 6) is -0.0408. The van der Waals surface area contributed by atoms with E-state index in [4.69, 9.17) is 20.3 Å². The average Bonchev–Trinajstić information content (AvgIpc) is 2.89. The van der Waals surface area contributed by atoms with Gasteiger partial charge < -0.3 is 25.6 Å². The van der Waals surface area contributed by atoms with Crippen molar-refractivity contribution in [2.45, 2.75) is 6.10 Å². The number of hydrogen-bond acceptors (Lipinski definition) is 5. The van der Waals surface area contributed by atoms with Crippen LogP contribution >= 0.6 is 0 Å². The zero-order valence-corrected chi connectivity index (χ0v) is 10.5. The summed E-state index contributed by atoms with van der Waals surface area (Å²) in [5, 5.41) is 11.5. The van der Waals surface area contributed by atoms with Crippen LogP contribution < -0.4 is 20.5 Å². The van der Waals surface area contributed by atoms with Gasteiger partial charge in [0.2, 0.25) is 18.6 Å². The maximum Gasteiger partial charge on any atom is 0.248 e. The van der Waals surface area contributed by atoms with Gasteiger partial charge in [0.1, 0.15) is 6.10 Å². The van der Waals surface area contributed by atoms with E-state index >= 15 is 0 Å². The predicted molar refractivity (Wildman–Crippen MR) is 69.8 cm³/mol. The fraction of sp³-hybridized carbons (Fsp3) is 0.231. The standard InChI is InChI=1S/C13H14N2O5/c14-13(18)9(16)6-15-12(17)4-2-8-1-3-10-11(5-8)20-7-19-10/h1-5,9,16H,6-7H2,(H2,14,18)(H,15,17)/b4-2+. The Labute approximate surface area is 115 Å². The van der Waals surface area contributed by atoms with Gasteiger partial charge >= 0.3 is 0 Å². The van der Waals surface area contributed by atoms with Crippen LogP contribution in [0.25, 0.3) is 6.08 Å². The quantitative estimate of drug-likeness (QED) is 0.622. The van der Waals surface area contributed by atoms with Gasteiger partial charge in [0.15, 0.2) is 11.5 Å². The van der Waals surface area contributed by atoms with Crippen LogP contribution in [-0.4, -0.2) is 36.4 Å². The fourth-order valence-corrected chi connectivity index (χ4v) is 1.55. The Kier molecular flexibility index (Phi) is 4.21. The molecule has 2 rings (SSSR count). The third kappa shape index (κ3) is 3.48. The van der Waals surface area contributed by atoms with Crippen molar-refractivity contribution in [3.8, 4) is 11.5 Å². The molecule has 106 valence electrons. The number of hydrogen-bond donors (Lipinski definition) is 3. The summed E-state index contributed by atoms with van der Waals surface area (Å²) in [6.45, 7) is -0.0341. The Morgan fingerprint density at radius 2 is 2.15 bits per heavy atom. The molecule has 1 aliphatic heterocycles. The Morgan fingerprint density at radius 1 is 1.40 bits per heavy atom. The van der Waals surface area contributed by atoms with Crippen molar-refractivity contribution in [1.29, 1.82) is 0 Å². The average molecular weight is 278 g/mol. The maximum absolute atomic E-state index is 11.5. The molecule has 1 aliphatic rings. The summed E-state index contributed by atoms with van der Waals surface area (Å²) in [6.07, 6.45) is 1.47. The molecule has 20 heavy (non-hydrogen) atoms. The van der Waals surface area contributed by atoms with Crippen molar-refractivity contribution in [3.05, 3.63) is 29.8 Å². The smallest absolute Gasteiger partial charge is 0.248 e. The molecule has 0 bridgehead atoms. The first-order chi connectivity index (χ1) is 9.56. The van der Waals surface area contributed by atoms with E-state index in [0.717, 1.165) is 5.56 Å². The van der Waals surface area contributed by atoms with Crippen LogP contribution in [0.3, 0.4) is 0 Å². The molecule has 1 heterocycles. The number of carbonyl (C=O) groups excluding carboxylic acids is 2. The number of primary amides is 1. The van der Waals surface area contributed by atoms with Gasteiger partial charge in [-0.1, -0.05) is 6.07 Å². The Balaban J connectivity index is 1.89. The lowest BCUT2D eigenvalue weighted by Gasteiger charge is -2.06. The van der Waals surface area contributed by atoms with E-state index in [1.807, 2.05) is 0 Å². The van der Waals surface area contributed by atoms with Crippen LogP contribution in [0.15, 0.2) is 24.3 Å². The normalized spacial score (nSPS) is 14.2. The molecule has 7 heteroatoms. The third-order valence-corrected chi connectivity index (χ3v) is 2.62. The third-order valence-electron chi connectivity index (χ3n) is 2.62. The number of benzene rings is 1. The number of carbonyl (C=O) groups is 2. The molecular formula is C13H14N2O5. The monoisotopic (exact) mass is 278 g/mol. The predicted octanol–water partition coefficient (Wildman–Crippen LogP) is -0.609. The summed E-state index contributed by atoms with van der Waals surface area (Å²) in [5.41, 5.74) is 5.62. The van der Waals surface area contributed by atoms with E-state index in [1.54, 1.807) is 24.3 Å². The highest BCUT2D eigenvalue weighted by molar-refractivity contribution is 5.92. The molecule has 0 saturated carbocycles. The molecule has 0 fully saturated rings. The molecule has 1 unspecified atom stereocenters. The van der Waals surface area contributed by atoms with Crippen LogP contribution in [0.1, 0.15) is 5.56 Å². The molecule has 0 spiro atoms. The second-order valence-corrected chi connectivity index (χ2v) is 4.11. The van der Waals surface area contributed by atoms with E-state index in [9.17, 15) is 9.59 Å². The second kappa shape index (κ2) is 6.07. The number of amides is 2. The number of aliphatic hydroxyl groups excluding tert-OH is 1. The summed E-state index contributed by atoms with van der Waals surface area (Å²) in [7, 11) is 0. The van der Waals surface area contributed by atoms with Gasteiger partial charge in [0.05, 0.1) is 6.54 Å². The van der Waals surface area contributed by atoms with Crippen molar-refractivity contribution in [2.24, 2.45) is 5.73 Å². The van der Waals surface area contributed by atoms with Crippen LogP contribution in [0.5, 0.6) is 11.5 Å². The largest absolute Gasteiger partial charge is 0.454 e. The first kappa shape index (κ1) is 13.9. The molecule has 0 saturated heterocycles. The van der Waals surface area contributed by atoms with Gasteiger partial charge in [-0.25, -0.2) is 0 Å². The fourth-order valence-electron chi connectivity index (χ4n) is 1.55. The molecule has 0 radical (unpaired) electrons. The minimum atomic E-state index is -1.39. The molecule has 7 nitrogen and oxygen atoms in total. The van der Waals surface area contributed by atoms with Crippen molar-refractivity contribution >= 4 is 17.9 Å². The summed E-state index contributed by atoms with van der Waals surface area (Å²) in [6, 6.07) is 5.26. The Morgan fingerprint density at radius 3 is 2.90 bits per heavy atom. The number of nitrogens with two attached hydrogens (primary N) is 1. The van der Waals surface area contributed by atoms with Gasteiger partial charge in [-0.05, 0) is 23.8 Å². The highest BCUT2D eigenvalue weighted by Gasteiger charge is 2.13. The van der Waals surface area contributed by atoms with E-state index in [-0.39, 0.29) is 13.3 Å². The number of aliphatic hydroxyl groups is 1. The summed E-state index contributed by atoms with van der Waals surface area (Å²) in [4.78, 5) is 22.0. The molecule has 1 atom stereocenters. The van der Waals surface area contributed by atoms with E-state index in [1.165, 1.54) is 6.08 Å². The lowest BCUT2D eigenvalue weighted by molar-refractivity contribution is -0.126. The molecule has 1 aromatic carbocycles. The highest BCUT2D eigenvalue weighted by Crippen LogP contribution is 2.32. The lowest BCUT2D eigenvalue weighted by Crippen LogP contribution is -2.39. The van der Waals surface area contributed by atoms with Crippen LogP contribution in [-0.2, 0) is 9.59 Å². The Hall–Kier alpha value is -2.54. The second-order valence-electron chi connectivity index (χ2n) is 4.11. The van der Waals surface area contributed by atoms with Crippen molar-refractivity contribution in [2.75, 3.05) is 13.3 Å². The zero-order valence-electron chi connectivity index (χ0n) is 10.5. The van der Waals surface area contributed by atoms with E-state index < -0.39 is 17.9 Å². The van der Waals surface area contributed by atoms with Gasteiger partial charge in [-0.2, -0.15) is 0 Å². The molecular weight excluding hydrogens is 264 g/mol. The number of nitrogens with one attached hydrogen (secondary N) is 1. The van der Waals surface area contributed by atoms with Gasteiger partial charge in [-0.3, -0.25) is 9.59 Å². The van der Waals surface area contributed by atoms with Crippen LogP contribution in [0, 0.1) is 0 Å². The van der Waals surface area contributed by atoms with E-state index in [2.05, 4.69) is 5.32 Å². The van der Waals surface area contributed by atoms with Gasteiger partial charge in [0, 0.05) is 6.08 Å². The van der Waals surface area contributed by atoms with Crippen molar-refractivity contribution in [3.63, 3.8) is 0 Å². The highest BCUT2D eigenvalue weighted by atomic mass is 16.7. The topological polar surface area (TPSA) is 111 Å². The molecule has 0 aliphatic carbocycles. The van der Waals surface area contributed by atoms with E-state index in [0.29, 0.717) is 11.5 Å². The summed E-state index contributed by atoms with van der Waals surface area (Å²) >= 11 is 0.